The molecule has 0 spiro atoms. The van der Waals surface area contributed by atoms with Crippen LogP contribution in [0, 0.1) is 6.92 Å². The Hall–Kier alpha value is -2.74. The molecule has 0 saturated heterocycles. The van der Waals surface area contributed by atoms with E-state index >= 15 is 0 Å². The van der Waals surface area contributed by atoms with Crippen LogP contribution in [0.3, 0.4) is 0 Å². The van der Waals surface area contributed by atoms with Crippen molar-refractivity contribution in [3.8, 4) is 0 Å². The second-order valence-electron chi connectivity index (χ2n) is 6.55. The van der Waals surface area contributed by atoms with Crippen LogP contribution in [0.25, 0.3) is 11.0 Å². The van der Waals surface area contributed by atoms with Gasteiger partial charge in [0.25, 0.3) is 5.91 Å². The zero-order chi connectivity index (χ0) is 20.3. The number of amides is 1. The van der Waals surface area contributed by atoms with Crippen molar-refractivity contribution in [3.05, 3.63) is 84.6 Å². The third-order valence-electron chi connectivity index (χ3n) is 4.72. The number of nitrogens with zero attached hydrogens (tertiary/aromatic N) is 3. The van der Waals surface area contributed by atoms with Gasteiger partial charge >= 0.3 is 0 Å². The highest BCUT2D eigenvalue weighted by Gasteiger charge is 2.45. The monoisotopic (exact) mass is 443 g/mol. The van der Waals surface area contributed by atoms with Gasteiger partial charge in [-0.2, -0.15) is 0 Å². The zero-order valence-corrected chi connectivity index (χ0v) is 17.2. The Balaban J connectivity index is 1.84. The predicted molar refractivity (Wildman–Crippen MR) is 112 cm³/mol. The zero-order valence-electron chi connectivity index (χ0n) is 14.8. The summed E-state index contributed by atoms with van der Waals surface area (Å²) >= 11 is 13.5. The number of hydrogen-bond donors (Lipinski definition) is 0. The van der Waals surface area contributed by atoms with Crippen molar-refractivity contribution in [2.24, 2.45) is 0 Å². The molecule has 144 valence electrons. The quantitative estimate of drug-likeness (QED) is 0.435. The van der Waals surface area contributed by atoms with Gasteiger partial charge < -0.3 is 4.42 Å². The van der Waals surface area contributed by atoms with Gasteiger partial charge in [0, 0.05) is 10.0 Å². The highest BCUT2D eigenvalue weighted by Crippen LogP contribution is 2.42. The second-order valence-corrected chi connectivity index (χ2v) is 8.58. The van der Waals surface area contributed by atoms with Crippen molar-refractivity contribution in [1.29, 1.82) is 0 Å². The first kappa shape index (κ1) is 18.3. The topological polar surface area (TPSA) is 76.3 Å². The lowest BCUT2D eigenvalue weighted by Crippen LogP contribution is -2.29. The largest absolute Gasteiger partial charge is 0.450 e. The van der Waals surface area contributed by atoms with Crippen LogP contribution in [0.4, 0.5) is 5.13 Å². The molecule has 1 aliphatic heterocycles. The number of carbonyl (C=O) groups is 1. The third-order valence-corrected chi connectivity index (χ3v) is 6.03. The van der Waals surface area contributed by atoms with E-state index in [4.69, 9.17) is 27.6 Å². The summed E-state index contributed by atoms with van der Waals surface area (Å²) in [7, 11) is 0. The summed E-state index contributed by atoms with van der Waals surface area (Å²) in [6.07, 6.45) is 0. The summed E-state index contributed by atoms with van der Waals surface area (Å²) in [4.78, 5) is 28.2. The number of carbonyl (C=O) groups excluding carboxylic acids is 1. The Labute approximate surface area is 178 Å². The lowest BCUT2D eigenvalue weighted by molar-refractivity contribution is 0.0970. The highest BCUT2D eigenvalue weighted by atomic mass is 35.5. The first-order chi connectivity index (χ1) is 13.9. The SMILES string of the molecule is Cc1nnc(N2C(=O)c3oc4ccc(Cl)cc4c(=O)c3[C@@H]2c2cccc(Cl)c2)s1. The van der Waals surface area contributed by atoms with Crippen LogP contribution < -0.4 is 10.3 Å². The van der Waals surface area contributed by atoms with Gasteiger partial charge in [0.05, 0.1) is 17.0 Å². The minimum absolute atomic E-state index is 0.0114. The lowest BCUT2D eigenvalue weighted by atomic mass is 9.99. The number of benzene rings is 2. The van der Waals surface area contributed by atoms with Gasteiger partial charge in [0.15, 0.2) is 5.43 Å². The molecule has 3 heterocycles. The van der Waals surface area contributed by atoms with Gasteiger partial charge in [-0.15, -0.1) is 10.2 Å². The minimum atomic E-state index is -0.733. The molecule has 1 amide bonds. The number of fused-ring (bicyclic) bond motifs is 2. The molecule has 1 atom stereocenters. The van der Waals surface area contributed by atoms with Crippen molar-refractivity contribution in [1.82, 2.24) is 10.2 Å². The van der Waals surface area contributed by atoms with Crippen LogP contribution in [0.5, 0.6) is 0 Å². The van der Waals surface area contributed by atoms with Gasteiger partial charge in [-0.1, -0.05) is 46.7 Å². The van der Waals surface area contributed by atoms with E-state index in [2.05, 4.69) is 10.2 Å². The van der Waals surface area contributed by atoms with Crippen molar-refractivity contribution in [2.45, 2.75) is 13.0 Å². The summed E-state index contributed by atoms with van der Waals surface area (Å²) in [5.41, 5.74) is 0.892. The average molecular weight is 444 g/mol. The maximum Gasteiger partial charge on any atom is 0.297 e. The van der Waals surface area contributed by atoms with Crippen molar-refractivity contribution >= 4 is 56.5 Å². The molecular weight excluding hydrogens is 433 g/mol. The second kappa shape index (κ2) is 6.66. The lowest BCUT2D eigenvalue weighted by Gasteiger charge is -2.22. The molecule has 0 N–H and O–H groups in total. The fraction of sp³-hybridized carbons (Fsp3) is 0.100. The molecule has 0 unspecified atom stereocenters. The number of aromatic nitrogens is 2. The maximum absolute atomic E-state index is 13.4. The molecule has 0 radical (unpaired) electrons. The van der Waals surface area contributed by atoms with Crippen molar-refractivity contribution in [3.63, 3.8) is 0 Å². The number of hydrogen-bond acceptors (Lipinski definition) is 6. The van der Waals surface area contributed by atoms with Crippen molar-refractivity contribution in [2.75, 3.05) is 4.90 Å². The van der Waals surface area contributed by atoms with Crippen LogP contribution in [0.2, 0.25) is 10.0 Å². The molecule has 9 heteroatoms. The van der Waals surface area contributed by atoms with E-state index in [1.165, 1.54) is 16.2 Å². The fourth-order valence-electron chi connectivity index (χ4n) is 3.52. The first-order valence-electron chi connectivity index (χ1n) is 8.59. The standard InChI is InChI=1S/C20H11Cl2N3O3S/c1-9-23-24-20(29-9)25-16(10-3-2-4-11(21)7-10)15-17(26)13-8-12(22)5-6-14(13)28-18(15)19(25)27/h2-8,16H,1H3/t16-/m0/s1. The van der Waals surface area contributed by atoms with Crippen LogP contribution >= 0.6 is 34.5 Å². The molecule has 2 aromatic carbocycles. The van der Waals surface area contributed by atoms with Crippen LogP contribution in [0.1, 0.15) is 32.7 Å². The molecule has 1 aliphatic rings. The molecule has 4 aromatic rings. The first-order valence-corrected chi connectivity index (χ1v) is 10.2. The Morgan fingerprint density at radius 2 is 1.86 bits per heavy atom. The minimum Gasteiger partial charge on any atom is -0.450 e. The Bertz CT molecular complexity index is 1360. The molecule has 5 rings (SSSR count). The summed E-state index contributed by atoms with van der Waals surface area (Å²) in [6.45, 7) is 1.79. The smallest absolute Gasteiger partial charge is 0.297 e. The molecule has 2 aromatic heterocycles. The van der Waals surface area contributed by atoms with Gasteiger partial charge in [0.1, 0.15) is 10.6 Å². The predicted octanol–water partition coefficient (Wildman–Crippen LogP) is 5.01. The molecule has 29 heavy (non-hydrogen) atoms. The van der Waals surface area contributed by atoms with Crippen molar-refractivity contribution < 1.29 is 9.21 Å². The average Bonchev–Trinajstić information content (AvgIpc) is 3.24. The number of aryl methyl sites for hydroxylation is 1. The van der Waals surface area contributed by atoms with Crippen LogP contribution in [0.15, 0.2) is 51.7 Å². The Morgan fingerprint density at radius 1 is 1.07 bits per heavy atom. The van der Waals surface area contributed by atoms with Crippen LogP contribution in [-0.4, -0.2) is 16.1 Å². The number of rotatable bonds is 2. The van der Waals surface area contributed by atoms with E-state index in [0.29, 0.717) is 36.7 Å². The molecule has 0 saturated carbocycles. The summed E-state index contributed by atoms with van der Waals surface area (Å²) < 4.78 is 5.87. The van der Waals surface area contributed by atoms with Crippen LogP contribution in [-0.2, 0) is 0 Å². The number of halogens is 2. The van der Waals surface area contributed by atoms with Gasteiger partial charge in [-0.3, -0.25) is 14.5 Å². The Morgan fingerprint density at radius 3 is 2.59 bits per heavy atom. The molecule has 0 bridgehead atoms. The van der Waals surface area contributed by atoms with Gasteiger partial charge in [0.2, 0.25) is 10.9 Å². The van der Waals surface area contributed by atoms with E-state index in [1.54, 1.807) is 49.4 Å². The summed E-state index contributed by atoms with van der Waals surface area (Å²) in [6, 6.07) is 11.0. The summed E-state index contributed by atoms with van der Waals surface area (Å²) in [5.74, 6) is -0.460. The van der Waals surface area contributed by atoms with Gasteiger partial charge in [-0.25, -0.2) is 0 Å². The van der Waals surface area contributed by atoms with Gasteiger partial charge in [-0.05, 0) is 42.8 Å². The molecule has 6 nitrogen and oxygen atoms in total. The Kier molecular flexibility index (Phi) is 4.20. The van der Waals surface area contributed by atoms with E-state index in [9.17, 15) is 9.59 Å². The maximum atomic E-state index is 13.4. The third kappa shape index (κ3) is 2.85. The molecule has 0 aliphatic carbocycles. The molecule has 0 fully saturated rings. The molecular formula is C20H11Cl2N3O3S. The highest BCUT2D eigenvalue weighted by molar-refractivity contribution is 7.15. The van der Waals surface area contributed by atoms with E-state index in [-0.39, 0.29) is 16.8 Å². The van der Waals surface area contributed by atoms with E-state index in [0.717, 1.165) is 0 Å². The fourth-order valence-corrected chi connectivity index (χ4v) is 4.60. The van der Waals surface area contributed by atoms with E-state index < -0.39 is 11.9 Å². The summed E-state index contributed by atoms with van der Waals surface area (Å²) in [5, 5.41) is 10.4. The van der Waals surface area contributed by atoms with E-state index in [1.807, 2.05) is 0 Å². The normalized spacial score (nSPS) is 15.9. The number of anilines is 1.